The highest BCUT2D eigenvalue weighted by molar-refractivity contribution is 5.76. The van der Waals surface area contributed by atoms with Gasteiger partial charge in [-0.15, -0.1) is 0 Å². The Morgan fingerprint density at radius 3 is 2.52 bits per heavy atom. The summed E-state index contributed by atoms with van der Waals surface area (Å²) in [5, 5.41) is 6.44. The Morgan fingerprint density at radius 1 is 1.19 bits per heavy atom. The molecule has 6 heteroatoms. The molecule has 1 amide bonds. The Hall–Kier alpha value is -1.85. The average Bonchev–Trinajstić information content (AvgIpc) is 2.52. The minimum Gasteiger partial charge on any atom is -0.370 e. The molecule has 21 heavy (non-hydrogen) atoms. The number of carbonyl (C=O) groups is 1. The lowest BCUT2D eigenvalue weighted by Crippen LogP contribution is -2.36. The summed E-state index contributed by atoms with van der Waals surface area (Å²) in [6.45, 7) is 7.27. The van der Waals surface area contributed by atoms with Gasteiger partial charge < -0.3 is 15.5 Å². The van der Waals surface area contributed by atoms with Crippen LogP contribution in [0.4, 0.5) is 11.6 Å². The van der Waals surface area contributed by atoms with Crippen molar-refractivity contribution < 1.29 is 4.79 Å². The van der Waals surface area contributed by atoms with Crippen LogP contribution in [-0.4, -0.2) is 47.0 Å². The first-order valence-corrected chi connectivity index (χ1v) is 7.79. The Kier molecular flexibility index (Phi) is 5.78. The van der Waals surface area contributed by atoms with Crippen LogP contribution in [0.5, 0.6) is 0 Å². The molecule has 116 valence electrons. The first kappa shape index (κ1) is 15.5. The maximum Gasteiger partial charge on any atom is 0.224 e. The molecule has 1 fully saturated rings. The topological polar surface area (TPSA) is 70.1 Å². The number of hydrogen-bond acceptors (Lipinski definition) is 5. The van der Waals surface area contributed by atoms with Crippen LogP contribution in [0.3, 0.4) is 0 Å². The van der Waals surface area contributed by atoms with Gasteiger partial charge in [-0.25, -0.2) is 9.97 Å². The number of carbonyl (C=O) groups excluding carboxylic acids is 1. The molecule has 0 bridgehead atoms. The number of nitrogens with zero attached hydrogens (tertiary/aromatic N) is 3. The zero-order chi connectivity index (χ0) is 15.1. The Labute approximate surface area is 126 Å². The highest BCUT2D eigenvalue weighted by atomic mass is 16.2. The van der Waals surface area contributed by atoms with E-state index in [-0.39, 0.29) is 5.91 Å². The minimum atomic E-state index is 0.237. The lowest BCUT2D eigenvalue weighted by atomic mass is 10.1. The van der Waals surface area contributed by atoms with Gasteiger partial charge in [0.25, 0.3) is 0 Å². The van der Waals surface area contributed by atoms with E-state index in [4.69, 9.17) is 0 Å². The van der Waals surface area contributed by atoms with E-state index in [1.807, 2.05) is 18.7 Å². The van der Waals surface area contributed by atoms with Crippen LogP contribution < -0.4 is 10.6 Å². The van der Waals surface area contributed by atoms with Crippen LogP contribution in [0.25, 0.3) is 0 Å². The molecule has 0 spiro atoms. The summed E-state index contributed by atoms with van der Waals surface area (Å²) in [6, 6.07) is 0. The Morgan fingerprint density at radius 2 is 1.86 bits per heavy atom. The molecule has 0 radical (unpaired) electrons. The SMILES string of the molecule is CCNc1ncnc(NCCC(=O)N2CCCCC2)c1C. The summed E-state index contributed by atoms with van der Waals surface area (Å²) in [5.74, 6) is 1.88. The van der Waals surface area contributed by atoms with Gasteiger partial charge in [0.05, 0.1) is 0 Å². The second kappa shape index (κ2) is 7.81. The molecule has 6 nitrogen and oxygen atoms in total. The van der Waals surface area contributed by atoms with Crippen LogP contribution in [0.15, 0.2) is 6.33 Å². The number of rotatable bonds is 6. The van der Waals surface area contributed by atoms with E-state index in [9.17, 15) is 4.79 Å². The third-order valence-corrected chi connectivity index (χ3v) is 3.77. The van der Waals surface area contributed by atoms with E-state index < -0.39 is 0 Å². The molecule has 1 aliphatic heterocycles. The van der Waals surface area contributed by atoms with Gasteiger partial charge >= 0.3 is 0 Å². The summed E-state index contributed by atoms with van der Waals surface area (Å²) in [7, 11) is 0. The summed E-state index contributed by atoms with van der Waals surface area (Å²) < 4.78 is 0. The van der Waals surface area contributed by atoms with Crippen LogP contribution >= 0.6 is 0 Å². The monoisotopic (exact) mass is 291 g/mol. The fourth-order valence-corrected chi connectivity index (χ4v) is 2.56. The molecule has 0 saturated carbocycles. The summed E-state index contributed by atoms with van der Waals surface area (Å²) in [5.41, 5.74) is 0.991. The fraction of sp³-hybridized carbons (Fsp3) is 0.667. The normalized spacial score (nSPS) is 14.9. The van der Waals surface area contributed by atoms with E-state index in [0.29, 0.717) is 13.0 Å². The van der Waals surface area contributed by atoms with Gasteiger partial charge in [0.2, 0.25) is 5.91 Å². The summed E-state index contributed by atoms with van der Waals surface area (Å²) in [6.07, 6.45) is 5.57. The van der Waals surface area contributed by atoms with Gasteiger partial charge in [0.1, 0.15) is 18.0 Å². The Balaban J connectivity index is 1.82. The standard InChI is InChI=1S/C15H25N5O/c1-3-16-14-12(2)15(19-11-18-14)17-8-7-13(21)20-9-5-4-6-10-20/h11H,3-10H2,1-2H3,(H2,16,17,18,19). The van der Waals surface area contributed by atoms with E-state index >= 15 is 0 Å². The molecular weight excluding hydrogens is 266 g/mol. The number of hydrogen-bond donors (Lipinski definition) is 2. The zero-order valence-electron chi connectivity index (χ0n) is 13.0. The number of anilines is 2. The van der Waals surface area contributed by atoms with Crippen molar-refractivity contribution in [3.05, 3.63) is 11.9 Å². The Bertz CT molecular complexity index is 471. The molecule has 2 heterocycles. The largest absolute Gasteiger partial charge is 0.370 e. The highest BCUT2D eigenvalue weighted by Crippen LogP contribution is 2.18. The van der Waals surface area contributed by atoms with Gasteiger partial charge in [-0.2, -0.15) is 0 Å². The van der Waals surface area contributed by atoms with Crippen LogP contribution in [0.1, 0.15) is 38.2 Å². The molecule has 2 rings (SSSR count). The van der Waals surface area contributed by atoms with E-state index in [1.54, 1.807) is 6.33 Å². The van der Waals surface area contributed by atoms with Crippen molar-refractivity contribution in [3.63, 3.8) is 0 Å². The predicted molar refractivity (Wildman–Crippen MR) is 84.5 cm³/mol. The molecular formula is C15H25N5O. The predicted octanol–water partition coefficient (Wildman–Crippen LogP) is 2.03. The van der Waals surface area contributed by atoms with Crippen molar-refractivity contribution >= 4 is 17.5 Å². The fourth-order valence-electron chi connectivity index (χ4n) is 2.56. The quantitative estimate of drug-likeness (QED) is 0.839. The second-order valence-electron chi connectivity index (χ2n) is 5.34. The maximum atomic E-state index is 12.1. The molecule has 0 aromatic carbocycles. The molecule has 1 aliphatic rings. The van der Waals surface area contributed by atoms with Crippen molar-refractivity contribution in [2.24, 2.45) is 0 Å². The molecule has 2 N–H and O–H groups in total. The first-order valence-electron chi connectivity index (χ1n) is 7.79. The first-order chi connectivity index (χ1) is 10.2. The number of amides is 1. The summed E-state index contributed by atoms with van der Waals surface area (Å²) >= 11 is 0. The smallest absolute Gasteiger partial charge is 0.224 e. The van der Waals surface area contributed by atoms with Crippen LogP contribution in [-0.2, 0) is 4.79 Å². The van der Waals surface area contributed by atoms with E-state index in [1.165, 1.54) is 6.42 Å². The third-order valence-electron chi connectivity index (χ3n) is 3.77. The number of piperidine rings is 1. The zero-order valence-corrected chi connectivity index (χ0v) is 13.0. The van der Waals surface area contributed by atoms with E-state index in [0.717, 1.165) is 49.7 Å². The van der Waals surface area contributed by atoms with Gasteiger partial charge in [-0.1, -0.05) is 0 Å². The van der Waals surface area contributed by atoms with Crippen molar-refractivity contribution in [1.82, 2.24) is 14.9 Å². The highest BCUT2D eigenvalue weighted by Gasteiger charge is 2.16. The molecule has 1 saturated heterocycles. The van der Waals surface area contributed by atoms with Gasteiger partial charge in [-0.3, -0.25) is 4.79 Å². The van der Waals surface area contributed by atoms with E-state index in [2.05, 4.69) is 20.6 Å². The number of nitrogens with one attached hydrogen (secondary N) is 2. The average molecular weight is 291 g/mol. The molecule has 1 aromatic rings. The third kappa shape index (κ3) is 4.31. The lowest BCUT2D eigenvalue weighted by molar-refractivity contribution is -0.131. The minimum absolute atomic E-state index is 0.237. The van der Waals surface area contributed by atoms with Crippen LogP contribution in [0.2, 0.25) is 0 Å². The van der Waals surface area contributed by atoms with Gasteiger partial charge in [0.15, 0.2) is 0 Å². The molecule has 0 atom stereocenters. The summed E-state index contributed by atoms with van der Waals surface area (Å²) in [4.78, 5) is 22.5. The van der Waals surface area contributed by atoms with Crippen molar-refractivity contribution in [1.29, 1.82) is 0 Å². The van der Waals surface area contributed by atoms with Crippen molar-refractivity contribution in [2.45, 2.75) is 39.5 Å². The van der Waals surface area contributed by atoms with Crippen molar-refractivity contribution in [3.8, 4) is 0 Å². The molecule has 0 unspecified atom stereocenters. The van der Waals surface area contributed by atoms with Gasteiger partial charge in [0, 0.05) is 38.2 Å². The maximum absolute atomic E-state index is 12.1. The van der Waals surface area contributed by atoms with Crippen molar-refractivity contribution in [2.75, 3.05) is 36.8 Å². The van der Waals surface area contributed by atoms with Gasteiger partial charge in [-0.05, 0) is 33.1 Å². The van der Waals surface area contributed by atoms with Crippen LogP contribution in [0, 0.1) is 6.92 Å². The number of likely N-dealkylation sites (tertiary alicyclic amines) is 1. The molecule has 0 aliphatic carbocycles. The second-order valence-corrected chi connectivity index (χ2v) is 5.34. The molecule has 1 aromatic heterocycles. The lowest BCUT2D eigenvalue weighted by Gasteiger charge is -2.26. The number of aromatic nitrogens is 2.